The number of fused-ring (bicyclic) bond motifs is 3. The minimum atomic E-state index is -0.0816. The van der Waals surface area contributed by atoms with Crippen molar-refractivity contribution in [2.24, 2.45) is 0 Å². The molecule has 4 aromatic rings. The molecule has 0 amide bonds. The Morgan fingerprint density at radius 1 is 1.15 bits per heavy atom. The lowest BCUT2D eigenvalue weighted by atomic mass is 10.2. The smallest absolute Gasteiger partial charge is 0.277 e. The van der Waals surface area contributed by atoms with Crippen LogP contribution >= 0.6 is 0 Å². The molecule has 2 aromatic carbocycles. The van der Waals surface area contributed by atoms with Crippen molar-refractivity contribution in [3.8, 4) is 5.75 Å². The highest BCUT2D eigenvalue weighted by atomic mass is 16.5. The molecule has 6 nitrogen and oxygen atoms in total. The van der Waals surface area contributed by atoms with Gasteiger partial charge in [-0.25, -0.2) is 4.98 Å². The molecule has 0 aliphatic heterocycles. The van der Waals surface area contributed by atoms with Gasteiger partial charge >= 0.3 is 0 Å². The van der Waals surface area contributed by atoms with Crippen LogP contribution in [0.1, 0.15) is 5.56 Å². The second-order valence-electron chi connectivity index (χ2n) is 6.50. The minimum absolute atomic E-state index is 0.0816. The maximum Gasteiger partial charge on any atom is 0.277 e. The van der Waals surface area contributed by atoms with Crippen LogP contribution in [0.15, 0.2) is 53.6 Å². The second-order valence-corrected chi connectivity index (χ2v) is 6.50. The van der Waals surface area contributed by atoms with E-state index in [0.717, 1.165) is 27.9 Å². The van der Waals surface area contributed by atoms with E-state index in [0.29, 0.717) is 17.6 Å². The summed E-state index contributed by atoms with van der Waals surface area (Å²) < 4.78 is 6.90. The molecule has 0 aliphatic carbocycles. The fraction of sp³-hybridized carbons (Fsp3) is 0.200. The number of anilines is 1. The number of rotatable bonds is 4. The van der Waals surface area contributed by atoms with Gasteiger partial charge in [0.25, 0.3) is 5.56 Å². The van der Waals surface area contributed by atoms with Crippen LogP contribution in [0.2, 0.25) is 0 Å². The largest absolute Gasteiger partial charge is 0.497 e. The number of nitrogens with zero attached hydrogens (tertiary/aromatic N) is 3. The predicted molar refractivity (Wildman–Crippen MR) is 104 cm³/mol. The summed E-state index contributed by atoms with van der Waals surface area (Å²) in [5.41, 5.74) is 4.15. The van der Waals surface area contributed by atoms with Crippen LogP contribution in [-0.2, 0) is 6.54 Å². The van der Waals surface area contributed by atoms with Crippen LogP contribution < -0.4 is 15.2 Å². The van der Waals surface area contributed by atoms with Gasteiger partial charge in [-0.1, -0.05) is 12.1 Å². The molecule has 0 fully saturated rings. The number of nitrogens with one attached hydrogen (secondary N) is 1. The lowest BCUT2D eigenvalue weighted by Gasteiger charge is -2.13. The van der Waals surface area contributed by atoms with Crippen LogP contribution in [0.3, 0.4) is 0 Å². The highest BCUT2D eigenvalue weighted by Gasteiger charge is 2.12. The lowest BCUT2D eigenvalue weighted by molar-refractivity contribution is 0.415. The summed E-state index contributed by atoms with van der Waals surface area (Å²) in [5, 5.41) is 0.888. The molecule has 0 radical (unpaired) electrons. The summed E-state index contributed by atoms with van der Waals surface area (Å²) in [6, 6.07) is 13.8. The third kappa shape index (κ3) is 2.69. The normalized spacial score (nSPS) is 11.2. The van der Waals surface area contributed by atoms with Gasteiger partial charge < -0.3 is 14.6 Å². The standard InChI is InChI=1S/C20H20N4O2/c1-23(2)14-6-4-13(5-7-14)11-24-12-21-18-16-10-15(26-3)8-9-17(16)22-19(18)20(24)25/h4-10,12,22H,11H2,1-3H3. The Morgan fingerprint density at radius 2 is 1.92 bits per heavy atom. The highest BCUT2D eigenvalue weighted by molar-refractivity contribution is 6.04. The first-order valence-electron chi connectivity index (χ1n) is 8.38. The van der Waals surface area contributed by atoms with E-state index in [1.54, 1.807) is 18.0 Å². The Hall–Kier alpha value is -3.28. The summed E-state index contributed by atoms with van der Waals surface area (Å²) >= 11 is 0. The molecule has 0 unspecified atom stereocenters. The van der Waals surface area contributed by atoms with Crippen molar-refractivity contribution < 1.29 is 4.74 Å². The van der Waals surface area contributed by atoms with Gasteiger partial charge in [0, 0.05) is 30.7 Å². The zero-order valence-corrected chi connectivity index (χ0v) is 15.0. The zero-order chi connectivity index (χ0) is 18.3. The van der Waals surface area contributed by atoms with Gasteiger partial charge in [-0.05, 0) is 35.9 Å². The Morgan fingerprint density at radius 3 is 2.62 bits per heavy atom. The van der Waals surface area contributed by atoms with E-state index in [9.17, 15) is 4.79 Å². The van der Waals surface area contributed by atoms with Gasteiger partial charge in [-0.2, -0.15) is 0 Å². The molecule has 0 bridgehead atoms. The van der Waals surface area contributed by atoms with Gasteiger partial charge in [0.2, 0.25) is 0 Å². The topological polar surface area (TPSA) is 63.2 Å². The number of aromatic amines is 1. The number of hydrogen-bond donors (Lipinski definition) is 1. The average molecular weight is 348 g/mol. The maximum absolute atomic E-state index is 12.9. The van der Waals surface area contributed by atoms with Crippen LogP contribution in [0.4, 0.5) is 5.69 Å². The van der Waals surface area contributed by atoms with E-state index in [-0.39, 0.29) is 5.56 Å². The van der Waals surface area contributed by atoms with Crippen molar-refractivity contribution in [1.82, 2.24) is 14.5 Å². The molecule has 6 heteroatoms. The number of ether oxygens (including phenoxy) is 1. The Kier molecular flexibility index (Phi) is 3.88. The highest BCUT2D eigenvalue weighted by Crippen LogP contribution is 2.25. The first-order valence-corrected chi connectivity index (χ1v) is 8.38. The van der Waals surface area contributed by atoms with Crippen molar-refractivity contribution in [2.45, 2.75) is 6.54 Å². The summed E-state index contributed by atoms with van der Waals surface area (Å²) in [7, 11) is 5.63. The van der Waals surface area contributed by atoms with E-state index < -0.39 is 0 Å². The minimum Gasteiger partial charge on any atom is -0.497 e. The molecular formula is C20H20N4O2. The zero-order valence-electron chi connectivity index (χ0n) is 15.0. The van der Waals surface area contributed by atoms with Crippen molar-refractivity contribution >= 4 is 27.6 Å². The molecule has 0 saturated carbocycles. The third-order valence-electron chi connectivity index (χ3n) is 4.58. The van der Waals surface area contributed by atoms with Gasteiger partial charge in [-0.3, -0.25) is 9.36 Å². The van der Waals surface area contributed by atoms with E-state index >= 15 is 0 Å². The molecule has 132 valence electrons. The van der Waals surface area contributed by atoms with Gasteiger partial charge in [-0.15, -0.1) is 0 Å². The summed E-state index contributed by atoms with van der Waals surface area (Å²) in [5.74, 6) is 0.741. The van der Waals surface area contributed by atoms with Crippen molar-refractivity contribution in [3.63, 3.8) is 0 Å². The number of hydrogen-bond acceptors (Lipinski definition) is 4. The first-order chi connectivity index (χ1) is 12.6. The van der Waals surface area contributed by atoms with Gasteiger partial charge in [0.05, 0.1) is 20.0 Å². The molecule has 0 atom stereocenters. The molecular weight excluding hydrogens is 328 g/mol. The number of aromatic nitrogens is 3. The van der Waals surface area contributed by atoms with Crippen molar-refractivity contribution in [2.75, 3.05) is 26.1 Å². The molecule has 2 heterocycles. The van der Waals surface area contributed by atoms with E-state index in [1.165, 1.54) is 0 Å². The molecule has 0 spiro atoms. The second kappa shape index (κ2) is 6.22. The quantitative estimate of drug-likeness (QED) is 0.616. The van der Waals surface area contributed by atoms with Crippen LogP contribution in [0.25, 0.3) is 21.9 Å². The maximum atomic E-state index is 12.9. The van der Waals surface area contributed by atoms with E-state index in [4.69, 9.17) is 4.74 Å². The first kappa shape index (κ1) is 16.2. The third-order valence-corrected chi connectivity index (χ3v) is 4.58. The van der Waals surface area contributed by atoms with Crippen molar-refractivity contribution in [3.05, 3.63) is 64.7 Å². The Bertz CT molecular complexity index is 1140. The number of methoxy groups -OCH3 is 1. The molecule has 2 aromatic heterocycles. The van der Waals surface area contributed by atoms with E-state index in [1.807, 2.05) is 61.5 Å². The fourth-order valence-electron chi connectivity index (χ4n) is 3.10. The molecule has 1 N–H and O–H groups in total. The molecule has 26 heavy (non-hydrogen) atoms. The molecule has 4 rings (SSSR count). The lowest BCUT2D eigenvalue weighted by Crippen LogP contribution is -2.21. The van der Waals surface area contributed by atoms with Crippen LogP contribution in [-0.4, -0.2) is 35.7 Å². The van der Waals surface area contributed by atoms with E-state index in [2.05, 4.69) is 9.97 Å². The van der Waals surface area contributed by atoms with Gasteiger partial charge in [0.1, 0.15) is 16.8 Å². The van der Waals surface area contributed by atoms with Crippen LogP contribution in [0, 0.1) is 0 Å². The summed E-state index contributed by atoms with van der Waals surface area (Å²) in [6.45, 7) is 0.480. The van der Waals surface area contributed by atoms with Crippen molar-refractivity contribution in [1.29, 1.82) is 0 Å². The summed E-state index contributed by atoms with van der Waals surface area (Å²) in [6.07, 6.45) is 1.61. The predicted octanol–water partition coefficient (Wildman–Crippen LogP) is 3.00. The molecule has 0 saturated heterocycles. The van der Waals surface area contributed by atoms with Gasteiger partial charge in [0.15, 0.2) is 0 Å². The number of H-pyrrole nitrogens is 1. The Balaban J connectivity index is 1.75. The van der Waals surface area contributed by atoms with Crippen LogP contribution in [0.5, 0.6) is 5.75 Å². The number of benzene rings is 2. The summed E-state index contributed by atoms with van der Waals surface area (Å²) in [4.78, 5) is 22.6. The molecule has 0 aliphatic rings. The average Bonchev–Trinajstić information content (AvgIpc) is 3.03. The SMILES string of the molecule is COc1ccc2[nH]c3c(=O)n(Cc4ccc(N(C)C)cc4)cnc3c2c1. The fourth-order valence-corrected chi connectivity index (χ4v) is 3.10. The monoisotopic (exact) mass is 348 g/mol. The Labute approximate surface area is 150 Å².